The Morgan fingerprint density at radius 1 is 1.44 bits per heavy atom. The highest BCUT2D eigenvalue weighted by molar-refractivity contribution is 7.91. The minimum Gasteiger partial charge on any atom is -0.388 e. The van der Waals surface area contributed by atoms with Gasteiger partial charge in [0.15, 0.2) is 9.84 Å². The summed E-state index contributed by atoms with van der Waals surface area (Å²) in [5.74, 6) is -0.0728. The van der Waals surface area contributed by atoms with Crippen LogP contribution < -0.4 is 0 Å². The van der Waals surface area contributed by atoms with Crippen LogP contribution in [0.15, 0.2) is 24.3 Å². The third kappa shape index (κ3) is 2.75. The molecule has 1 saturated heterocycles. The zero-order valence-corrected chi connectivity index (χ0v) is 10.3. The van der Waals surface area contributed by atoms with E-state index in [0.717, 1.165) is 5.56 Å². The van der Waals surface area contributed by atoms with Crippen molar-refractivity contribution in [3.05, 3.63) is 34.9 Å². The Kier molecular flexibility index (Phi) is 2.99. The molecule has 1 N–H and O–H groups in total. The van der Waals surface area contributed by atoms with E-state index in [2.05, 4.69) is 0 Å². The van der Waals surface area contributed by atoms with E-state index in [-0.39, 0.29) is 11.5 Å². The molecule has 1 atom stereocenters. The molecule has 1 aliphatic rings. The van der Waals surface area contributed by atoms with E-state index < -0.39 is 15.4 Å². The topological polar surface area (TPSA) is 54.4 Å². The van der Waals surface area contributed by atoms with Gasteiger partial charge in [-0.1, -0.05) is 23.7 Å². The van der Waals surface area contributed by atoms with Gasteiger partial charge in [0.1, 0.15) is 0 Å². The first-order valence-corrected chi connectivity index (χ1v) is 7.26. The summed E-state index contributed by atoms with van der Waals surface area (Å²) in [6, 6.07) is 7.14. The van der Waals surface area contributed by atoms with Crippen LogP contribution in [0.3, 0.4) is 0 Å². The molecule has 16 heavy (non-hydrogen) atoms. The fourth-order valence-electron chi connectivity index (χ4n) is 2.07. The molecule has 2 rings (SSSR count). The highest BCUT2D eigenvalue weighted by Crippen LogP contribution is 2.27. The van der Waals surface area contributed by atoms with E-state index >= 15 is 0 Å². The fraction of sp³-hybridized carbons (Fsp3) is 0.455. The van der Waals surface area contributed by atoms with E-state index in [1.165, 1.54) is 0 Å². The van der Waals surface area contributed by atoms with Crippen LogP contribution in [0, 0.1) is 0 Å². The summed E-state index contributed by atoms with van der Waals surface area (Å²) in [7, 11) is -3.07. The number of sulfone groups is 1. The predicted octanol–water partition coefficient (Wildman–Crippen LogP) is 1.43. The van der Waals surface area contributed by atoms with Crippen LogP contribution in [0.2, 0.25) is 5.02 Å². The second-order valence-electron chi connectivity index (χ2n) is 4.37. The van der Waals surface area contributed by atoms with Crippen molar-refractivity contribution in [2.45, 2.75) is 18.4 Å². The van der Waals surface area contributed by atoms with Crippen LogP contribution in [-0.2, 0) is 16.3 Å². The Labute approximate surface area is 100.0 Å². The Hall–Kier alpha value is -0.580. The van der Waals surface area contributed by atoms with Gasteiger partial charge in [-0.15, -0.1) is 0 Å². The van der Waals surface area contributed by atoms with Gasteiger partial charge in [-0.05, 0) is 24.1 Å². The van der Waals surface area contributed by atoms with E-state index in [0.29, 0.717) is 17.9 Å². The average molecular weight is 261 g/mol. The summed E-state index contributed by atoms with van der Waals surface area (Å²) in [5, 5.41) is 10.7. The Morgan fingerprint density at radius 3 is 2.75 bits per heavy atom. The van der Waals surface area contributed by atoms with Gasteiger partial charge in [0.05, 0.1) is 17.1 Å². The molecular formula is C11H13ClO3S. The molecule has 0 aliphatic carbocycles. The number of rotatable bonds is 2. The minimum absolute atomic E-state index is 0.0735. The Balaban J connectivity index is 2.16. The predicted molar refractivity (Wildman–Crippen MR) is 63.4 cm³/mol. The smallest absolute Gasteiger partial charge is 0.153 e. The third-order valence-corrected chi connectivity index (χ3v) is 4.83. The normalized spacial score (nSPS) is 28.1. The summed E-state index contributed by atoms with van der Waals surface area (Å²) in [4.78, 5) is 0. The van der Waals surface area contributed by atoms with E-state index in [4.69, 9.17) is 11.6 Å². The summed E-state index contributed by atoms with van der Waals surface area (Å²) >= 11 is 5.83. The quantitative estimate of drug-likeness (QED) is 0.875. The van der Waals surface area contributed by atoms with Crippen LogP contribution in [-0.4, -0.2) is 30.6 Å². The van der Waals surface area contributed by atoms with E-state index in [1.807, 2.05) is 6.07 Å². The van der Waals surface area contributed by atoms with Crippen molar-refractivity contribution in [1.29, 1.82) is 0 Å². The molecule has 1 fully saturated rings. The average Bonchev–Trinajstić information content (AvgIpc) is 2.40. The van der Waals surface area contributed by atoms with Gasteiger partial charge in [0.2, 0.25) is 0 Å². The van der Waals surface area contributed by atoms with Gasteiger partial charge in [0, 0.05) is 11.4 Å². The van der Waals surface area contributed by atoms with Gasteiger partial charge >= 0.3 is 0 Å². The van der Waals surface area contributed by atoms with Gasteiger partial charge in [-0.3, -0.25) is 0 Å². The largest absolute Gasteiger partial charge is 0.388 e. The highest BCUT2D eigenvalue weighted by atomic mass is 35.5. The third-order valence-electron chi connectivity index (χ3n) is 2.79. The molecule has 5 heteroatoms. The minimum atomic E-state index is -3.07. The van der Waals surface area contributed by atoms with Crippen molar-refractivity contribution < 1.29 is 13.5 Å². The number of benzene rings is 1. The van der Waals surface area contributed by atoms with Crippen molar-refractivity contribution in [2.24, 2.45) is 0 Å². The number of halogens is 1. The lowest BCUT2D eigenvalue weighted by Crippen LogP contribution is -2.32. The van der Waals surface area contributed by atoms with Gasteiger partial charge in [-0.25, -0.2) is 8.42 Å². The van der Waals surface area contributed by atoms with E-state index in [1.54, 1.807) is 18.2 Å². The Morgan fingerprint density at radius 2 is 2.19 bits per heavy atom. The monoisotopic (exact) mass is 260 g/mol. The van der Waals surface area contributed by atoms with Crippen molar-refractivity contribution in [3.8, 4) is 0 Å². The molecule has 1 aromatic carbocycles. The molecular weight excluding hydrogens is 248 g/mol. The summed E-state index contributed by atoms with van der Waals surface area (Å²) in [6.45, 7) is 0. The maximum Gasteiger partial charge on any atom is 0.153 e. The highest BCUT2D eigenvalue weighted by Gasteiger charge is 2.40. The van der Waals surface area contributed by atoms with Gasteiger partial charge < -0.3 is 5.11 Å². The maximum atomic E-state index is 11.3. The van der Waals surface area contributed by atoms with Crippen molar-refractivity contribution in [2.75, 3.05) is 11.5 Å². The molecule has 0 aromatic heterocycles. The molecule has 0 bridgehead atoms. The van der Waals surface area contributed by atoms with E-state index in [9.17, 15) is 13.5 Å². The van der Waals surface area contributed by atoms with Crippen LogP contribution in [0.1, 0.15) is 12.0 Å². The molecule has 0 spiro atoms. The molecule has 0 saturated carbocycles. The second kappa shape index (κ2) is 4.02. The van der Waals surface area contributed by atoms with Crippen LogP contribution in [0.25, 0.3) is 0 Å². The Bertz CT molecular complexity index is 498. The summed E-state index contributed by atoms with van der Waals surface area (Å²) in [6.07, 6.45) is 0.647. The first-order chi connectivity index (χ1) is 7.39. The molecule has 88 valence electrons. The number of hydrogen-bond acceptors (Lipinski definition) is 3. The summed E-state index contributed by atoms with van der Waals surface area (Å²) in [5.41, 5.74) is -0.254. The lowest BCUT2D eigenvalue weighted by Gasteiger charge is -2.20. The zero-order chi connectivity index (χ0) is 11.8. The fourth-order valence-corrected chi connectivity index (χ4v) is 4.18. The van der Waals surface area contributed by atoms with Crippen LogP contribution >= 0.6 is 11.6 Å². The zero-order valence-electron chi connectivity index (χ0n) is 8.69. The maximum absolute atomic E-state index is 11.3. The van der Waals surface area contributed by atoms with Crippen molar-refractivity contribution in [3.63, 3.8) is 0 Å². The van der Waals surface area contributed by atoms with Crippen molar-refractivity contribution in [1.82, 2.24) is 0 Å². The second-order valence-corrected chi connectivity index (χ2v) is 6.99. The van der Waals surface area contributed by atoms with Crippen LogP contribution in [0.4, 0.5) is 0 Å². The van der Waals surface area contributed by atoms with Gasteiger partial charge in [0.25, 0.3) is 0 Å². The van der Waals surface area contributed by atoms with Gasteiger partial charge in [-0.2, -0.15) is 0 Å². The standard InChI is InChI=1S/C11H13ClO3S/c12-10-3-1-2-9(6-10)7-11(13)4-5-16(14,15)8-11/h1-3,6,13H,4-5,7-8H2. The lowest BCUT2D eigenvalue weighted by atomic mass is 9.94. The first-order valence-electron chi connectivity index (χ1n) is 5.06. The summed E-state index contributed by atoms with van der Waals surface area (Å²) < 4.78 is 22.6. The van der Waals surface area contributed by atoms with Crippen LogP contribution in [0.5, 0.6) is 0 Å². The lowest BCUT2D eigenvalue weighted by molar-refractivity contribution is 0.0682. The molecule has 1 heterocycles. The molecule has 0 amide bonds. The number of aliphatic hydroxyl groups is 1. The SMILES string of the molecule is O=S1(=O)CCC(O)(Cc2cccc(Cl)c2)C1. The number of hydrogen-bond donors (Lipinski definition) is 1. The van der Waals surface area contributed by atoms with Crippen molar-refractivity contribution >= 4 is 21.4 Å². The molecule has 1 aliphatic heterocycles. The molecule has 1 aromatic rings. The first kappa shape index (κ1) is 11.9. The molecule has 1 unspecified atom stereocenters. The molecule has 3 nitrogen and oxygen atoms in total. The molecule has 0 radical (unpaired) electrons.